The number of benzene rings is 1. The van der Waals surface area contributed by atoms with Gasteiger partial charge in [0.05, 0.1) is 23.6 Å². The number of anilines is 1. The molecular weight excluding hydrogens is 370 g/mol. The third-order valence-electron chi connectivity index (χ3n) is 3.47. The van der Waals surface area contributed by atoms with Crippen molar-refractivity contribution in [1.82, 2.24) is 4.98 Å². The maximum atomic E-state index is 12.2. The molecule has 0 saturated carbocycles. The smallest absolute Gasteiger partial charge is 0.250 e. The highest BCUT2D eigenvalue weighted by Crippen LogP contribution is 2.14. The molecule has 1 aromatic carbocycles. The summed E-state index contributed by atoms with van der Waals surface area (Å²) in [6, 6.07) is 7.60. The maximum absolute atomic E-state index is 12.2. The summed E-state index contributed by atoms with van der Waals surface area (Å²) in [5.41, 5.74) is 5.81. The first-order chi connectivity index (χ1) is 12.9. The number of carbonyl (C=O) groups is 2. The van der Waals surface area contributed by atoms with E-state index in [9.17, 15) is 18.6 Å². The molecule has 0 aliphatic carbocycles. The zero-order valence-corrected chi connectivity index (χ0v) is 15.6. The second-order valence-electron chi connectivity index (χ2n) is 5.72. The van der Waals surface area contributed by atoms with Crippen LogP contribution in [0, 0.1) is 0 Å². The van der Waals surface area contributed by atoms with E-state index in [1.54, 1.807) is 12.1 Å². The molecule has 0 aliphatic heterocycles. The van der Waals surface area contributed by atoms with Gasteiger partial charge in [-0.15, -0.1) is 0 Å². The first-order valence-corrected chi connectivity index (χ1v) is 9.77. The number of nitrogens with two attached hydrogens (primary N) is 1. The average Bonchev–Trinajstić information content (AvgIpc) is 2.61. The molecule has 1 heterocycles. The number of nitrogens with one attached hydrogen (secondary N) is 2. The summed E-state index contributed by atoms with van der Waals surface area (Å²) in [5, 5.41) is 2.53. The van der Waals surface area contributed by atoms with E-state index >= 15 is 0 Å². The van der Waals surface area contributed by atoms with Crippen LogP contribution in [0.5, 0.6) is 5.75 Å². The molecular formula is C18H21N3O5S. The van der Waals surface area contributed by atoms with Gasteiger partial charge >= 0.3 is 0 Å². The zero-order chi connectivity index (χ0) is 19.8. The van der Waals surface area contributed by atoms with Crippen molar-refractivity contribution in [2.24, 2.45) is 5.73 Å². The fraction of sp³-hybridized carbons (Fsp3) is 0.278. The van der Waals surface area contributed by atoms with Crippen LogP contribution >= 0.6 is 0 Å². The average molecular weight is 391 g/mol. The second-order valence-corrected chi connectivity index (χ2v) is 7.18. The third-order valence-corrected chi connectivity index (χ3v) is 4.69. The number of aromatic nitrogens is 1. The number of amides is 2. The van der Waals surface area contributed by atoms with Crippen molar-refractivity contribution in [2.75, 3.05) is 17.7 Å². The van der Waals surface area contributed by atoms with E-state index < -0.39 is 22.6 Å². The molecule has 0 radical (unpaired) electrons. The lowest BCUT2D eigenvalue weighted by Gasteiger charge is -2.09. The van der Waals surface area contributed by atoms with E-state index in [1.165, 1.54) is 24.4 Å². The van der Waals surface area contributed by atoms with Gasteiger partial charge < -0.3 is 20.8 Å². The Labute approximate surface area is 158 Å². The first-order valence-electron chi connectivity index (χ1n) is 8.28. The lowest BCUT2D eigenvalue weighted by Crippen LogP contribution is -2.23. The van der Waals surface area contributed by atoms with Crippen LogP contribution in [-0.4, -0.2) is 33.4 Å². The van der Waals surface area contributed by atoms with Gasteiger partial charge in [-0.25, -0.2) is 0 Å². The van der Waals surface area contributed by atoms with Crippen LogP contribution in [-0.2, 0) is 21.3 Å². The number of H-pyrrole nitrogens is 1. The summed E-state index contributed by atoms with van der Waals surface area (Å²) in [6.45, 7) is 2.36. The fourth-order valence-corrected chi connectivity index (χ4v) is 3.25. The van der Waals surface area contributed by atoms with Crippen LogP contribution in [0.2, 0.25) is 0 Å². The summed E-state index contributed by atoms with van der Waals surface area (Å²) in [5.74, 6) is -1.27. The molecule has 4 N–H and O–H groups in total. The van der Waals surface area contributed by atoms with Gasteiger partial charge in [0.2, 0.25) is 11.3 Å². The molecule has 2 rings (SSSR count). The second kappa shape index (κ2) is 9.67. The van der Waals surface area contributed by atoms with Gasteiger partial charge in [-0.2, -0.15) is 0 Å². The Morgan fingerprint density at radius 1 is 1.30 bits per heavy atom. The molecule has 8 nitrogen and oxygen atoms in total. The van der Waals surface area contributed by atoms with Gasteiger partial charge in [0.15, 0.2) is 5.75 Å². The molecule has 0 spiro atoms. The Morgan fingerprint density at radius 2 is 2.04 bits per heavy atom. The number of hydrogen-bond acceptors (Lipinski definition) is 5. The van der Waals surface area contributed by atoms with Crippen LogP contribution < -0.4 is 21.2 Å². The van der Waals surface area contributed by atoms with E-state index in [4.69, 9.17) is 10.5 Å². The molecule has 0 fully saturated rings. The van der Waals surface area contributed by atoms with Crippen LogP contribution in [0.4, 0.5) is 5.69 Å². The zero-order valence-electron chi connectivity index (χ0n) is 14.8. The molecule has 1 atom stereocenters. The minimum atomic E-state index is -1.55. The number of carbonyl (C=O) groups excluding carboxylic acids is 2. The molecule has 9 heteroatoms. The van der Waals surface area contributed by atoms with Crippen LogP contribution in [0.25, 0.3) is 0 Å². The van der Waals surface area contributed by atoms with Crippen molar-refractivity contribution in [1.29, 1.82) is 0 Å². The largest absolute Gasteiger partial charge is 0.488 e. The summed E-state index contributed by atoms with van der Waals surface area (Å²) >= 11 is 0. The van der Waals surface area contributed by atoms with Gasteiger partial charge in [0.1, 0.15) is 5.75 Å². The number of ether oxygens (including phenoxy) is 1. The number of hydrogen-bond donors (Lipinski definition) is 3. The van der Waals surface area contributed by atoms with Crippen molar-refractivity contribution < 1.29 is 18.5 Å². The maximum Gasteiger partial charge on any atom is 0.250 e. The van der Waals surface area contributed by atoms with E-state index in [0.717, 1.165) is 6.42 Å². The molecule has 2 amide bonds. The van der Waals surface area contributed by atoms with E-state index in [2.05, 4.69) is 10.3 Å². The number of rotatable bonds is 9. The van der Waals surface area contributed by atoms with Gasteiger partial charge in [0, 0.05) is 28.8 Å². The van der Waals surface area contributed by atoms with Crippen molar-refractivity contribution in [2.45, 2.75) is 19.1 Å². The van der Waals surface area contributed by atoms with Gasteiger partial charge in [-0.1, -0.05) is 19.1 Å². The Kier molecular flexibility index (Phi) is 7.30. The Hall–Kier alpha value is -2.94. The number of primary amides is 1. The predicted molar refractivity (Wildman–Crippen MR) is 103 cm³/mol. The van der Waals surface area contributed by atoms with E-state index in [1.807, 2.05) is 6.92 Å². The SMILES string of the molecule is CCCOc1c[nH]c(CS(=O)CC(=O)Nc2ccccc2C(N)=O)cc1=O. The predicted octanol–water partition coefficient (Wildman–Crippen LogP) is 1.15. The number of aromatic amines is 1. The molecule has 1 aromatic heterocycles. The van der Waals surface area contributed by atoms with E-state index in [-0.39, 0.29) is 33.9 Å². The summed E-state index contributed by atoms with van der Waals surface area (Å²) in [7, 11) is -1.55. The van der Waals surface area contributed by atoms with E-state index in [0.29, 0.717) is 12.3 Å². The molecule has 144 valence electrons. The Bertz CT molecular complexity index is 910. The molecule has 0 aliphatic rings. The minimum Gasteiger partial charge on any atom is -0.488 e. The lowest BCUT2D eigenvalue weighted by molar-refractivity contribution is -0.113. The lowest BCUT2D eigenvalue weighted by atomic mass is 10.1. The van der Waals surface area contributed by atoms with Crippen molar-refractivity contribution in [3.8, 4) is 5.75 Å². The standard InChI is InChI=1S/C18H21N3O5S/c1-2-7-26-16-9-20-12(8-15(16)22)10-27(25)11-17(23)21-14-6-4-3-5-13(14)18(19)24/h3-6,8-9H,2,7,10-11H2,1H3,(H2,19,24)(H,20,22)(H,21,23). The summed E-state index contributed by atoms with van der Waals surface area (Å²) < 4.78 is 17.5. The third kappa shape index (κ3) is 6.07. The summed E-state index contributed by atoms with van der Waals surface area (Å²) in [6.07, 6.45) is 2.20. The quantitative estimate of drug-likeness (QED) is 0.590. The highest BCUT2D eigenvalue weighted by atomic mass is 32.2. The van der Waals surface area contributed by atoms with Crippen molar-refractivity contribution in [3.63, 3.8) is 0 Å². The van der Waals surface area contributed by atoms with Gasteiger partial charge in [-0.3, -0.25) is 18.6 Å². The molecule has 1 unspecified atom stereocenters. The topological polar surface area (TPSA) is 131 Å². The molecule has 27 heavy (non-hydrogen) atoms. The minimum absolute atomic E-state index is 0.00812. The van der Waals surface area contributed by atoms with Crippen LogP contribution in [0.15, 0.2) is 41.3 Å². The van der Waals surface area contributed by atoms with Crippen LogP contribution in [0.1, 0.15) is 29.4 Å². The van der Waals surface area contributed by atoms with Gasteiger partial charge in [0.25, 0.3) is 5.91 Å². The van der Waals surface area contributed by atoms with Crippen molar-refractivity contribution in [3.05, 3.63) is 58.0 Å². The summed E-state index contributed by atoms with van der Waals surface area (Å²) in [4.78, 5) is 38.2. The van der Waals surface area contributed by atoms with Gasteiger partial charge in [-0.05, 0) is 18.6 Å². The van der Waals surface area contributed by atoms with Crippen LogP contribution in [0.3, 0.4) is 0 Å². The monoisotopic (exact) mass is 391 g/mol. The first kappa shape index (κ1) is 20.4. The molecule has 0 saturated heterocycles. The Balaban J connectivity index is 1.96. The molecule has 0 bridgehead atoms. The fourth-order valence-electron chi connectivity index (χ4n) is 2.27. The highest BCUT2D eigenvalue weighted by molar-refractivity contribution is 7.84. The Morgan fingerprint density at radius 3 is 2.70 bits per heavy atom. The van der Waals surface area contributed by atoms with Crippen molar-refractivity contribution >= 4 is 28.3 Å². The number of para-hydroxylation sites is 1. The number of pyridine rings is 1. The molecule has 2 aromatic rings. The highest BCUT2D eigenvalue weighted by Gasteiger charge is 2.14. The normalized spacial score (nSPS) is 11.6.